The minimum atomic E-state index is -0.271. The second kappa shape index (κ2) is 8.83. The summed E-state index contributed by atoms with van der Waals surface area (Å²) in [6, 6.07) is 10.9. The Balaban J connectivity index is 1.21. The monoisotopic (exact) mass is 467 g/mol. The predicted octanol–water partition coefficient (Wildman–Crippen LogP) is 3.66. The highest BCUT2D eigenvalue weighted by Gasteiger charge is 2.15. The van der Waals surface area contributed by atoms with Gasteiger partial charge < -0.3 is 9.72 Å². The average Bonchev–Trinajstić information content (AvgIpc) is 3.46. The molecule has 1 aliphatic heterocycles. The van der Waals surface area contributed by atoms with Crippen LogP contribution >= 0.6 is 0 Å². The van der Waals surface area contributed by atoms with Crippen LogP contribution in [-0.2, 0) is 19.5 Å². The molecule has 1 aliphatic rings. The zero-order valence-electron chi connectivity index (χ0n) is 19.2. The van der Waals surface area contributed by atoms with E-state index in [1.54, 1.807) is 39.8 Å². The SMILES string of the molecule is O=C(Nc1cnn(Cc2cn3ccccc3n2)c1)c1ccc2c(=O)n3c(nc2c1)CCCCCC3. The van der Waals surface area contributed by atoms with Crippen LogP contribution in [-0.4, -0.2) is 34.6 Å². The van der Waals surface area contributed by atoms with Crippen molar-refractivity contribution in [2.45, 2.75) is 45.2 Å². The van der Waals surface area contributed by atoms with Gasteiger partial charge in [-0.15, -0.1) is 0 Å². The summed E-state index contributed by atoms with van der Waals surface area (Å²) >= 11 is 0. The molecule has 5 heterocycles. The smallest absolute Gasteiger partial charge is 0.261 e. The van der Waals surface area contributed by atoms with Crippen LogP contribution in [0.25, 0.3) is 16.6 Å². The van der Waals surface area contributed by atoms with E-state index in [2.05, 4.69) is 15.4 Å². The molecular weight excluding hydrogens is 442 g/mol. The second-order valence-electron chi connectivity index (χ2n) is 8.96. The van der Waals surface area contributed by atoms with E-state index in [1.165, 1.54) is 0 Å². The van der Waals surface area contributed by atoms with Crippen molar-refractivity contribution in [1.82, 2.24) is 28.7 Å². The molecule has 1 N–H and O–H groups in total. The molecule has 0 saturated heterocycles. The van der Waals surface area contributed by atoms with E-state index in [0.717, 1.165) is 49.3 Å². The van der Waals surface area contributed by atoms with E-state index in [4.69, 9.17) is 4.98 Å². The Kier molecular flexibility index (Phi) is 5.36. The normalized spacial score (nSPS) is 13.9. The first-order chi connectivity index (χ1) is 17.1. The van der Waals surface area contributed by atoms with E-state index in [-0.39, 0.29) is 11.5 Å². The largest absolute Gasteiger partial charge is 0.319 e. The van der Waals surface area contributed by atoms with E-state index in [9.17, 15) is 9.59 Å². The maximum Gasteiger partial charge on any atom is 0.261 e. The van der Waals surface area contributed by atoms with Gasteiger partial charge >= 0.3 is 0 Å². The third-order valence-electron chi connectivity index (χ3n) is 6.46. The summed E-state index contributed by atoms with van der Waals surface area (Å²) in [5.74, 6) is 0.542. The first-order valence-electron chi connectivity index (χ1n) is 11.9. The molecule has 0 atom stereocenters. The van der Waals surface area contributed by atoms with Crippen LogP contribution in [0.15, 0.2) is 66.0 Å². The van der Waals surface area contributed by atoms with Crippen molar-refractivity contribution in [3.05, 3.63) is 88.6 Å². The molecule has 0 aliphatic carbocycles. The fraction of sp³-hybridized carbons (Fsp3) is 0.269. The summed E-state index contributed by atoms with van der Waals surface area (Å²) < 4.78 is 5.50. The number of nitrogens with zero attached hydrogens (tertiary/aromatic N) is 6. The van der Waals surface area contributed by atoms with Crippen LogP contribution in [0.3, 0.4) is 0 Å². The number of imidazole rings is 1. The minimum absolute atomic E-state index is 0.0212. The summed E-state index contributed by atoms with van der Waals surface area (Å²) in [6.07, 6.45) is 12.4. The summed E-state index contributed by atoms with van der Waals surface area (Å²) in [7, 11) is 0. The number of pyridine rings is 1. The number of nitrogens with one attached hydrogen (secondary N) is 1. The van der Waals surface area contributed by atoms with Crippen molar-refractivity contribution >= 4 is 28.1 Å². The van der Waals surface area contributed by atoms with Gasteiger partial charge in [0.1, 0.15) is 11.5 Å². The molecule has 1 aromatic carbocycles. The van der Waals surface area contributed by atoms with Crippen molar-refractivity contribution < 1.29 is 4.79 Å². The number of aromatic nitrogens is 6. The van der Waals surface area contributed by atoms with E-state index < -0.39 is 0 Å². The third-order valence-corrected chi connectivity index (χ3v) is 6.46. The van der Waals surface area contributed by atoms with Gasteiger partial charge in [-0.3, -0.25) is 18.8 Å². The van der Waals surface area contributed by atoms with Crippen molar-refractivity contribution in [3.8, 4) is 0 Å². The molecule has 0 bridgehead atoms. The molecule has 9 nitrogen and oxygen atoms in total. The molecule has 6 rings (SSSR count). The van der Waals surface area contributed by atoms with Crippen LogP contribution in [0.1, 0.15) is 47.6 Å². The zero-order valence-corrected chi connectivity index (χ0v) is 19.2. The number of hydrogen-bond donors (Lipinski definition) is 1. The van der Waals surface area contributed by atoms with Gasteiger partial charge in [-0.25, -0.2) is 9.97 Å². The van der Waals surface area contributed by atoms with Crippen LogP contribution in [0.2, 0.25) is 0 Å². The van der Waals surface area contributed by atoms with Gasteiger partial charge in [0.2, 0.25) is 0 Å². The molecule has 35 heavy (non-hydrogen) atoms. The van der Waals surface area contributed by atoms with Gasteiger partial charge in [-0.2, -0.15) is 5.10 Å². The van der Waals surface area contributed by atoms with E-state index in [1.807, 2.05) is 35.0 Å². The molecule has 1 amide bonds. The van der Waals surface area contributed by atoms with Crippen LogP contribution in [0.4, 0.5) is 5.69 Å². The Morgan fingerprint density at radius 1 is 1.03 bits per heavy atom. The summed E-state index contributed by atoms with van der Waals surface area (Å²) in [4.78, 5) is 35.3. The zero-order chi connectivity index (χ0) is 23.8. The molecule has 9 heteroatoms. The topological polar surface area (TPSA) is 99.1 Å². The lowest BCUT2D eigenvalue weighted by Gasteiger charge is -2.16. The highest BCUT2D eigenvalue weighted by Crippen LogP contribution is 2.18. The van der Waals surface area contributed by atoms with Crippen molar-refractivity contribution in [1.29, 1.82) is 0 Å². The second-order valence-corrected chi connectivity index (χ2v) is 8.96. The fourth-order valence-electron chi connectivity index (χ4n) is 4.68. The Hall–Kier alpha value is -4.27. The molecular formula is C26H25N7O2. The average molecular weight is 468 g/mol. The maximum absolute atomic E-state index is 13.0. The number of carbonyl (C=O) groups is 1. The van der Waals surface area contributed by atoms with Gasteiger partial charge in [0, 0.05) is 37.1 Å². The highest BCUT2D eigenvalue weighted by molar-refractivity contribution is 6.05. The number of fused-ring (bicyclic) bond motifs is 3. The maximum atomic E-state index is 13.0. The Bertz CT molecular complexity index is 1580. The first-order valence-corrected chi connectivity index (χ1v) is 11.9. The number of benzene rings is 1. The van der Waals surface area contributed by atoms with Gasteiger partial charge in [-0.1, -0.05) is 18.9 Å². The van der Waals surface area contributed by atoms with Crippen molar-refractivity contribution in [3.63, 3.8) is 0 Å². The number of hydrogen-bond acceptors (Lipinski definition) is 5. The van der Waals surface area contributed by atoms with Gasteiger partial charge in [0.15, 0.2) is 0 Å². The fourth-order valence-corrected chi connectivity index (χ4v) is 4.68. The Labute approximate surface area is 201 Å². The molecule has 0 saturated carbocycles. The van der Waals surface area contributed by atoms with Crippen LogP contribution in [0.5, 0.6) is 0 Å². The molecule has 176 valence electrons. The van der Waals surface area contributed by atoms with Gasteiger partial charge in [0.25, 0.3) is 11.5 Å². The lowest BCUT2D eigenvalue weighted by molar-refractivity contribution is 0.102. The van der Waals surface area contributed by atoms with Crippen LogP contribution < -0.4 is 10.9 Å². The number of rotatable bonds is 4. The van der Waals surface area contributed by atoms with Crippen molar-refractivity contribution in [2.24, 2.45) is 0 Å². The van der Waals surface area contributed by atoms with Gasteiger partial charge in [0.05, 0.1) is 35.0 Å². The van der Waals surface area contributed by atoms with Crippen molar-refractivity contribution in [2.75, 3.05) is 5.32 Å². The summed E-state index contributed by atoms with van der Waals surface area (Å²) in [6.45, 7) is 1.20. The molecule has 0 fully saturated rings. The van der Waals surface area contributed by atoms with Crippen LogP contribution in [0, 0.1) is 0 Å². The molecule has 5 aromatic rings. The van der Waals surface area contributed by atoms with E-state index >= 15 is 0 Å². The Morgan fingerprint density at radius 3 is 2.86 bits per heavy atom. The van der Waals surface area contributed by atoms with Gasteiger partial charge in [-0.05, 0) is 43.2 Å². The highest BCUT2D eigenvalue weighted by atomic mass is 16.1. The summed E-state index contributed by atoms with van der Waals surface area (Å²) in [5, 5.41) is 7.79. The Morgan fingerprint density at radius 2 is 1.94 bits per heavy atom. The lowest BCUT2D eigenvalue weighted by atomic mass is 10.1. The number of amides is 1. The number of carbonyl (C=O) groups excluding carboxylic acids is 1. The summed E-state index contributed by atoms with van der Waals surface area (Å²) in [5.41, 5.74) is 3.33. The lowest BCUT2D eigenvalue weighted by Crippen LogP contribution is -2.26. The molecule has 4 aromatic heterocycles. The molecule has 0 unspecified atom stereocenters. The molecule has 0 spiro atoms. The third kappa shape index (κ3) is 4.21. The van der Waals surface area contributed by atoms with E-state index in [0.29, 0.717) is 35.2 Å². The molecule has 0 radical (unpaired) electrons. The quantitative estimate of drug-likeness (QED) is 0.435. The number of anilines is 1. The standard InChI is InChI=1S/C26H25N7O2/c34-25(29-19-14-27-32(16-19)17-20-15-31-11-6-4-7-23(31)28-20)18-9-10-21-22(13-18)30-24-8-3-1-2-5-12-33(24)26(21)35/h4,6-7,9-11,13-16H,1-3,5,8,12,17H2,(H,29,34). The predicted molar refractivity (Wildman–Crippen MR) is 133 cm³/mol. The minimum Gasteiger partial charge on any atom is -0.319 e. The number of aryl methyl sites for hydroxylation is 1. The first kappa shape index (κ1) is 21.3.